The van der Waals surface area contributed by atoms with Gasteiger partial charge in [-0.2, -0.15) is 0 Å². The molecule has 1 N–H and O–H groups in total. The number of anilines is 1. The first-order valence-corrected chi connectivity index (χ1v) is 3.51. The molecule has 0 aromatic carbocycles. The van der Waals surface area contributed by atoms with Crippen LogP contribution in [0.5, 0.6) is 0 Å². The van der Waals surface area contributed by atoms with Gasteiger partial charge in [-0.15, -0.1) is 5.10 Å². The van der Waals surface area contributed by atoms with E-state index in [2.05, 4.69) is 15.4 Å². The first kappa shape index (κ1) is 6.96. The lowest BCUT2D eigenvalue weighted by Crippen LogP contribution is -2.28. The molecule has 1 aliphatic rings. The van der Waals surface area contributed by atoms with Crippen molar-refractivity contribution in [2.45, 2.75) is 12.8 Å². The lowest BCUT2D eigenvalue weighted by atomic mass is 10.4. The van der Waals surface area contributed by atoms with Crippen molar-refractivity contribution in [3.05, 3.63) is 6.20 Å². The van der Waals surface area contributed by atoms with Gasteiger partial charge in [0.05, 0.1) is 6.20 Å². The second kappa shape index (κ2) is 2.40. The maximum absolute atomic E-state index is 11.1. The predicted molar refractivity (Wildman–Crippen MR) is 38.1 cm³/mol. The fourth-order valence-electron chi connectivity index (χ4n) is 1.14. The molecule has 1 aliphatic heterocycles. The van der Waals surface area contributed by atoms with Crippen LogP contribution in [0.3, 0.4) is 0 Å². The van der Waals surface area contributed by atoms with Gasteiger partial charge in [-0.05, 0) is 0 Å². The van der Waals surface area contributed by atoms with E-state index in [1.54, 1.807) is 0 Å². The summed E-state index contributed by atoms with van der Waals surface area (Å²) in [4.78, 5) is 23.3. The third kappa shape index (κ3) is 0.884. The largest absolute Gasteiger partial charge is 0.274 e. The zero-order chi connectivity index (χ0) is 8.55. The second-order valence-corrected chi connectivity index (χ2v) is 2.45. The number of H-pyrrole nitrogens is 1. The Bertz CT molecular complexity index is 302. The summed E-state index contributed by atoms with van der Waals surface area (Å²) in [7, 11) is 0. The second-order valence-electron chi connectivity index (χ2n) is 2.45. The molecule has 1 aromatic heterocycles. The third-order valence-corrected chi connectivity index (χ3v) is 1.68. The average molecular weight is 166 g/mol. The molecule has 0 saturated carbocycles. The molecule has 1 saturated heterocycles. The molecule has 62 valence electrons. The topological polar surface area (TPSA) is 79.0 Å². The molecule has 0 atom stereocenters. The Morgan fingerprint density at radius 3 is 2.50 bits per heavy atom. The van der Waals surface area contributed by atoms with Gasteiger partial charge in [-0.1, -0.05) is 5.21 Å². The number of hydrogen-bond acceptors (Lipinski definition) is 4. The first-order valence-electron chi connectivity index (χ1n) is 3.51. The van der Waals surface area contributed by atoms with Gasteiger partial charge in [-0.25, -0.2) is 4.90 Å². The number of amides is 2. The van der Waals surface area contributed by atoms with Crippen molar-refractivity contribution in [1.82, 2.24) is 15.4 Å². The fraction of sp³-hybridized carbons (Fsp3) is 0.333. The summed E-state index contributed by atoms with van der Waals surface area (Å²) >= 11 is 0. The Labute approximate surface area is 67.6 Å². The summed E-state index contributed by atoms with van der Waals surface area (Å²) in [6.07, 6.45) is 1.96. The van der Waals surface area contributed by atoms with Crippen LogP contribution in [0.2, 0.25) is 0 Å². The van der Waals surface area contributed by atoms with E-state index in [0.29, 0.717) is 0 Å². The Morgan fingerprint density at radius 2 is 2.00 bits per heavy atom. The highest BCUT2D eigenvalue weighted by molar-refractivity contribution is 6.19. The number of carbonyl (C=O) groups excluding carboxylic acids is 2. The van der Waals surface area contributed by atoms with Crippen molar-refractivity contribution in [1.29, 1.82) is 0 Å². The molecule has 1 fully saturated rings. The maximum Gasteiger partial charge on any atom is 0.235 e. The van der Waals surface area contributed by atoms with E-state index in [0.717, 1.165) is 4.90 Å². The Kier molecular flexibility index (Phi) is 1.39. The van der Waals surface area contributed by atoms with Crippen LogP contribution in [-0.2, 0) is 9.59 Å². The minimum Gasteiger partial charge on any atom is -0.274 e. The lowest BCUT2D eigenvalue weighted by Gasteiger charge is -2.07. The normalized spacial score (nSPS) is 17.5. The third-order valence-electron chi connectivity index (χ3n) is 1.68. The standard InChI is InChI=1S/C6H6N4O2/c11-5-1-2-6(12)10(5)4-3-7-9-8-4/h3H,1-2H2,(H,7,8,9). The van der Waals surface area contributed by atoms with Gasteiger partial charge in [0, 0.05) is 12.8 Å². The molecule has 0 aliphatic carbocycles. The highest BCUT2D eigenvalue weighted by Gasteiger charge is 2.31. The molecule has 0 radical (unpaired) electrons. The van der Waals surface area contributed by atoms with Gasteiger partial charge >= 0.3 is 0 Å². The van der Waals surface area contributed by atoms with Crippen LogP contribution in [0.15, 0.2) is 6.20 Å². The van der Waals surface area contributed by atoms with E-state index in [-0.39, 0.29) is 30.5 Å². The minimum absolute atomic E-state index is 0.214. The van der Waals surface area contributed by atoms with Gasteiger partial charge in [0.1, 0.15) is 0 Å². The van der Waals surface area contributed by atoms with Crippen LogP contribution in [0.25, 0.3) is 0 Å². The van der Waals surface area contributed by atoms with Crippen molar-refractivity contribution in [2.75, 3.05) is 4.90 Å². The number of carbonyl (C=O) groups is 2. The van der Waals surface area contributed by atoms with Gasteiger partial charge < -0.3 is 0 Å². The van der Waals surface area contributed by atoms with Crippen molar-refractivity contribution >= 4 is 17.6 Å². The number of rotatable bonds is 1. The number of aromatic nitrogens is 3. The lowest BCUT2D eigenvalue weighted by molar-refractivity contribution is -0.121. The highest BCUT2D eigenvalue weighted by atomic mass is 16.2. The van der Waals surface area contributed by atoms with Crippen LogP contribution in [0.1, 0.15) is 12.8 Å². The summed E-state index contributed by atoms with van der Waals surface area (Å²) in [5.74, 6) is -0.148. The number of hydrogen-bond donors (Lipinski definition) is 1. The SMILES string of the molecule is O=C1CCC(=O)N1c1c[nH]nn1. The molecule has 6 heteroatoms. The highest BCUT2D eigenvalue weighted by Crippen LogP contribution is 2.18. The van der Waals surface area contributed by atoms with Crippen molar-refractivity contribution in [2.24, 2.45) is 0 Å². The van der Waals surface area contributed by atoms with E-state index in [1.165, 1.54) is 6.20 Å². The average Bonchev–Trinajstić information content (AvgIpc) is 2.61. The molecular formula is C6H6N4O2. The summed E-state index contributed by atoms with van der Waals surface area (Å²) in [5, 5.41) is 9.43. The van der Waals surface area contributed by atoms with E-state index in [4.69, 9.17) is 0 Å². The summed E-state index contributed by atoms with van der Waals surface area (Å²) in [6.45, 7) is 0. The van der Waals surface area contributed by atoms with Gasteiger partial charge in [0.2, 0.25) is 11.8 Å². The number of imide groups is 1. The smallest absolute Gasteiger partial charge is 0.235 e. The van der Waals surface area contributed by atoms with Crippen molar-refractivity contribution < 1.29 is 9.59 Å². The molecule has 2 heterocycles. The Balaban J connectivity index is 2.34. The summed E-state index contributed by atoms with van der Waals surface area (Å²) in [5.41, 5.74) is 0. The van der Waals surface area contributed by atoms with Crippen molar-refractivity contribution in [3.63, 3.8) is 0 Å². The number of nitrogens with zero attached hydrogens (tertiary/aromatic N) is 3. The quantitative estimate of drug-likeness (QED) is 0.568. The zero-order valence-corrected chi connectivity index (χ0v) is 6.15. The van der Waals surface area contributed by atoms with Crippen LogP contribution >= 0.6 is 0 Å². The molecule has 0 unspecified atom stereocenters. The molecule has 0 spiro atoms. The molecular weight excluding hydrogens is 160 g/mol. The molecule has 2 rings (SSSR count). The van der Waals surface area contributed by atoms with E-state index in [1.807, 2.05) is 0 Å². The van der Waals surface area contributed by atoms with Crippen LogP contribution < -0.4 is 4.90 Å². The van der Waals surface area contributed by atoms with E-state index in [9.17, 15) is 9.59 Å². The predicted octanol–water partition coefficient (Wildman–Crippen LogP) is -0.542. The summed E-state index contributed by atoms with van der Waals surface area (Å²) < 4.78 is 0. The Hall–Kier alpha value is -1.72. The van der Waals surface area contributed by atoms with Gasteiger partial charge in [0.25, 0.3) is 0 Å². The number of nitrogens with one attached hydrogen (secondary N) is 1. The molecule has 0 bridgehead atoms. The van der Waals surface area contributed by atoms with E-state index >= 15 is 0 Å². The first-order chi connectivity index (χ1) is 5.79. The molecule has 12 heavy (non-hydrogen) atoms. The van der Waals surface area contributed by atoms with Crippen LogP contribution in [0.4, 0.5) is 5.82 Å². The molecule has 2 amide bonds. The maximum atomic E-state index is 11.1. The fourth-order valence-corrected chi connectivity index (χ4v) is 1.14. The van der Waals surface area contributed by atoms with E-state index < -0.39 is 0 Å². The Morgan fingerprint density at radius 1 is 1.33 bits per heavy atom. The minimum atomic E-state index is -0.214. The molecule has 6 nitrogen and oxygen atoms in total. The van der Waals surface area contributed by atoms with Gasteiger partial charge in [0.15, 0.2) is 5.82 Å². The summed E-state index contributed by atoms with van der Waals surface area (Å²) in [6, 6.07) is 0. The monoisotopic (exact) mass is 166 g/mol. The van der Waals surface area contributed by atoms with Crippen molar-refractivity contribution in [3.8, 4) is 0 Å². The van der Waals surface area contributed by atoms with Crippen LogP contribution in [0, 0.1) is 0 Å². The van der Waals surface area contributed by atoms with Gasteiger partial charge in [-0.3, -0.25) is 14.7 Å². The number of aromatic amines is 1. The van der Waals surface area contributed by atoms with Crippen LogP contribution in [-0.4, -0.2) is 27.2 Å². The zero-order valence-electron chi connectivity index (χ0n) is 6.15. The molecule has 1 aromatic rings.